The van der Waals surface area contributed by atoms with Gasteiger partial charge in [-0.3, -0.25) is 9.52 Å². The van der Waals surface area contributed by atoms with Gasteiger partial charge < -0.3 is 14.8 Å². The first-order valence-corrected chi connectivity index (χ1v) is 10.7. The monoisotopic (exact) mass is 464 g/mol. The van der Waals surface area contributed by atoms with E-state index in [-0.39, 0.29) is 27.6 Å². The van der Waals surface area contributed by atoms with E-state index in [1.165, 1.54) is 44.6 Å². The fourth-order valence-corrected chi connectivity index (χ4v) is 3.95. The molecule has 31 heavy (non-hydrogen) atoms. The van der Waals surface area contributed by atoms with Gasteiger partial charge in [-0.15, -0.1) is 0 Å². The Balaban J connectivity index is 1.82. The van der Waals surface area contributed by atoms with Crippen molar-refractivity contribution >= 4 is 38.9 Å². The zero-order chi connectivity index (χ0) is 22.6. The minimum Gasteiger partial charge on any atom is -0.497 e. The third-order valence-electron chi connectivity index (χ3n) is 4.24. The van der Waals surface area contributed by atoms with Crippen LogP contribution in [0.2, 0.25) is 5.02 Å². The van der Waals surface area contributed by atoms with Crippen LogP contribution in [-0.4, -0.2) is 28.5 Å². The summed E-state index contributed by atoms with van der Waals surface area (Å²) < 4.78 is 52.5. The van der Waals surface area contributed by atoms with E-state index in [0.717, 1.165) is 12.1 Å². The zero-order valence-electron chi connectivity index (χ0n) is 16.5. The normalized spacial score (nSPS) is 11.0. The molecule has 0 saturated heterocycles. The average molecular weight is 465 g/mol. The van der Waals surface area contributed by atoms with Crippen molar-refractivity contribution < 1.29 is 27.1 Å². The summed E-state index contributed by atoms with van der Waals surface area (Å²) in [5.74, 6) is -0.794. The average Bonchev–Trinajstić information content (AvgIpc) is 2.75. The molecule has 0 atom stereocenters. The van der Waals surface area contributed by atoms with Crippen LogP contribution in [0.15, 0.2) is 65.6 Å². The highest BCUT2D eigenvalue weighted by Crippen LogP contribution is 2.31. The Morgan fingerprint density at radius 2 is 1.71 bits per heavy atom. The molecular formula is C21H18ClFN2O5S. The van der Waals surface area contributed by atoms with Gasteiger partial charge in [0.05, 0.1) is 30.5 Å². The summed E-state index contributed by atoms with van der Waals surface area (Å²) in [5.41, 5.74) is 0.213. The molecule has 3 aromatic carbocycles. The molecular weight excluding hydrogens is 447 g/mol. The lowest BCUT2D eigenvalue weighted by Gasteiger charge is -2.14. The second-order valence-corrected chi connectivity index (χ2v) is 8.40. The van der Waals surface area contributed by atoms with Gasteiger partial charge in [-0.1, -0.05) is 17.7 Å². The molecule has 2 N–H and O–H groups in total. The molecule has 3 rings (SSSR count). The van der Waals surface area contributed by atoms with E-state index in [9.17, 15) is 17.6 Å². The smallest absolute Gasteiger partial charge is 0.262 e. The molecule has 0 aliphatic rings. The molecule has 0 aromatic heterocycles. The summed E-state index contributed by atoms with van der Waals surface area (Å²) in [7, 11) is -1.29. The van der Waals surface area contributed by atoms with Crippen LogP contribution in [-0.2, 0) is 10.0 Å². The molecule has 1 amide bonds. The Morgan fingerprint density at radius 1 is 0.968 bits per heavy atom. The molecule has 3 aromatic rings. The fraction of sp³-hybridized carbons (Fsp3) is 0.0952. The van der Waals surface area contributed by atoms with Crippen LogP contribution in [0.3, 0.4) is 0 Å². The number of rotatable bonds is 7. The van der Waals surface area contributed by atoms with Crippen LogP contribution in [0.1, 0.15) is 10.4 Å². The molecule has 0 bridgehead atoms. The number of benzene rings is 3. The van der Waals surface area contributed by atoms with Gasteiger partial charge >= 0.3 is 0 Å². The molecule has 0 unspecified atom stereocenters. The molecule has 7 nitrogen and oxygen atoms in total. The number of carbonyl (C=O) groups is 1. The summed E-state index contributed by atoms with van der Waals surface area (Å²) in [6.07, 6.45) is 0. The minimum atomic E-state index is -4.13. The van der Waals surface area contributed by atoms with Crippen LogP contribution in [0, 0.1) is 5.82 Å². The number of hydrogen-bond acceptors (Lipinski definition) is 5. The summed E-state index contributed by atoms with van der Waals surface area (Å²) in [5, 5.41) is 2.75. The van der Waals surface area contributed by atoms with E-state index >= 15 is 0 Å². The Hall–Kier alpha value is -3.30. The maximum absolute atomic E-state index is 14.5. The Kier molecular flexibility index (Phi) is 6.67. The zero-order valence-corrected chi connectivity index (χ0v) is 18.1. The van der Waals surface area contributed by atoms with Crippen molar-refractivity contribution in [1.29, 1.82) is 0 Å². The lowest BCUT2D eigenvalue weighted by Crippen LogP contribution is -2.16. The second-order valence-electron chi connectivity index (χ2n) is 6.28. The number of hydrogen-bond donors (Lipinski definition) is 2. The highest BCUT2D eigenvalue weighted by molar-refractivity contribution is 7.92. The lowest BCUT2D eigenvalue weighted by molar-refractivity contribution is 0.102. The first-order chi connectivity index (χ1) is 14.7. The van der Waals surface area contributed by atoms with E-state index < -0.39 is 21.7 Å². The van der Waals surface area contributed by atoms with Crippen molar-refractivity contribution in [2.75, 3.05) is 24.3 Å². The molecule has 0 fully saturated rings. The quantitative estimate of drug-likeness (QED) is 0.535. The highest BCUT2D eigenvalue weighted by Gasteiger charge is 2.20. The van der Waals surface area contributed by atoms with Crippen molar-refractivity contribution in [1.82, 2.24) is 0 Å². The number of carbonyl (C=O) groups excluding carboxylic acids is 1. The summed E-state index contributed by atoms with van der Waals surface area (Å²) in [6.45, 7) is 0. The lowest BCUT2D eigenvalue weighted by atomic mass is 10.2. The number of sulfonamides is 1. The largest absolute Gasteiger partial charge is 0.497 e. The van der Waals surface area contributed by atoms with Crippen molar-refractivity contribution in [3.63, 3.8) is 0 Å². The van der Waals surface area contributed by atoms with Crippen molar-refractivity contribution in [3.8, 4) is 11.5 Å². The van der Waals surface area contributed by atoms with Gasteiger partial charge in [0.2, 0.25) is 0 Å². The number of methoxy groups -OCH3 is 2. The third-order valence-corrected chi connectivity index (χ3v) is 5.84. The first kappa shape index (κ1) is 22.4. The number of anilines is 2. The van der Waals surface area contributed by atoms with E-state index in [0.29, 0.717) is 10.8 Å². The van der Waals surface area contributed by atoms with E-state index in [2.05, 4.69) is 10.0 Å². The molecule has 0 spiro atoms. The van der Waals surface area contributed by atoms with Crippen LogP contribution in [0.5, 0.6) is 11.5 Å². The molecule has 0 radical (unpaired) electrons. The summed E-state index contributed by atoms with van der Waals surface area (Å²) >= 11 is 5.86. The highest BCUT2D eigenvalue weighted by atomic mass is 35.5. The first-order valence-electron chi connectivity index (χ1n) is 8.85. The molecule has 162 valence electrons. The molecule has 0 heterocycles. The maximum atomic E-state index is 14.5. The number of nitrogens with one attached hydrogen (secondary N) is 2. The van der Waals surface area contributed by atoms with E-state index in [4.69, 9.17) is 21.1 Å². The van der Waals surface area contributed by atoms with Gasteiger partial charge in [0.1, 0.15) is 17.3 Å². The van der Waals surface area contributed by atoms with Gasteiger partial charge in [-0.05, 0) is 48.5 Å². The number of ether oxygens (including phenoxy) is 2. The van der Waals surface area contributed by atoms with Crippen LogP contribution in [0.4, 0.5) is 15.8 Å². The SMILES string of the molecule is COc1ccc(NS(=O)(=O)c2ccc(NC(=O)c3cccc(Cl)c3)c(F)c2)c(OC)c1. The topological polar surface area (TPSA) is 93.7 Å². The summed E-state index contributed by atoms with van der Waals surface area (Å²) in [4.78, 5) is 11.9. The molecule has 0 saturated carbocycles. The predicted molar refractivity (Wildman–Crippen MR) is 116 cm³/mol. The second kappa shape index (κ2) is 9.23. The van der Waals surface area contributed by atoms with Gasteiger partial charge in [0.25, 0.3) is 15.9 Å². The van der Waals surface area contributed by atoms with Crippen LogP contribution in [0.25, 0.3) is 0 Å². The standard InChI is InChI=1S/C21H18ClFN2O5S/c1-29-15-6-8-19(20(11-15)30-2)25-31(27,28)16-7-9-18(17(23)12-16)24-21(26)13-4-3-5-14(22)10-13/h3-12,25H,1-2H3,(H,24,26). The van der Waals surface area contributed by atoms with Gasteiger partial charge in [0.15, 0.2) is 0 Å². The molecule has 0 aliphatic heterocycles. The van der Waals surface area contributed by atoms with E-state index in [1.807, 2.05) is 0 Å². The predicted octanol–water partition coefficient (Wildman–Crippen LogP) is 4.55. The van der Waals surface area contributed by atoms with Gasteiger partial charge in [-0.2, -0.15) is 0 Å². The van der Waals surface area contributed by atoms with E-state index in [1.54, 1.807) is 18.2 Å². The van der Waals surface area contributed by atoms with Crippen molar-refractivity contribution in [3.05, 3.63) is 77.1 Å². The maximum Gasteiger partial charge on any atom is 0.262 e. The van der Waals surface area contributed by atoms with Crippen LogP contribution >= 0.6 is 11.6 Å². The Morgan fingerprint density at radius 3 is 2.35 bits per heavy atom. The summed E-state index contributed by atoms with van der Waals surface area (Å²) in [6, 6.07) is 13.8. The minimum absolute atomic E-state index is 0.155. The number of halogens is 2. The Labute approximate surface area is 183 Å². The van der Waals surface area contributed by atoms with Crippen LogP contribution < -0.4 is 19.5 Å². The van der Waals surface area contributed by atoms with Crippen molar-refractivity contribution in [2.24, 2.45) is 0 Å². The third kappa shape index (κ3) is 5.25. The van der Waals surface area contributed by atoms with Gasteiger partial charge in [-0.25, -0.2) is 12.8 Å². The fourth-order valence-electron chi connectivity index (χ4n) is 2.68. The van der Waals surface area contributed by atoms with Crippen molar-refractivity contribution in [2.45, 2.75) is 4.90 Å². The molecule has 0 aliphatic carbocycles. The number of amides is 1. The van der Waals surface area contributed by atoms with Gasteiger partial charge in [0, 0.05) is 16.7 Å². The Bertz CT molecular complexity index is 1230. The molecule has 10 heteroatoms.